The monoisotopic (exact) mass is 239 g/mol. The molecule has 0 unspecified atom stereocenters. The van der Waals surface area contributed by atoms with E-state index < -0.39 is 5.97 Å². The molecule has 6 nitrogen and oxygen atoms in total. The SMILES string of the molecule is CN1CCC(c2nc(CCC(=O)O)no2)CC1. The van der Waals surface area contributed by atoms with E-state index in [1.165, 1.54) is 0 Å². The number of nitrogens with zero attached hydrogens (tertiary/aromatic N) is 3. The van der Waals surface area contributed by atoms with Gasteiger partial charge in [-0.3, -0.25) is 4.79 Å². The highest BCUT2D eigenvalue weighted by Crippen LogP contribution is 2.25. The number of aliphatic carboxylic acids is 1. The zero-order valence-corrected chi connectivity index (χ0v) is 9.93. The van der Waals surface area contributed by atoms with Crippen LogP contribution in [0.1, 0.15) is 36.9 Å². The lowest BCUT2D eigenvalue weighted by atomic mass is 9.97. The van der Waals surface area contributed by atoms with Crippen LogP contribution in [-0.4, -0.2) is 46.3 Å². The van der Waals surface area contributed by atoms with Crippen LogP contribution in [0.3, 0.4) is 0 Å². The number of hydrogen-bond acceptors (Lipinski definition) is 5. The summed E-state index contributed by atoms with van der Waals surface area (Å²) in [6, 6.07) is 0. The van der Waals surface area contributed by atoms with Crippen molar-refractivity contribution in [2.45, 2.75) is 31.6 Å². The van der Waals surface area contributed by atoms with Crippen LogP contribution >= 0.6 is 0 Å². The highest BCUT2D eigenvalue weighted by atomic mass is 16.5. The molecule has 1 N–H and O–H groups in total. The van der Waals surface area contributed by atoms with E-state index in [9.17, 15) is 4.79 Å². The fraction of sp³-hybridized carbons (Fsp3) is 0.727. The van der Waals surface area contributed by atoms with Gasteiger partial charge in [-0.2, -0.15) is 4.98 Å². The van der Waals surface area contributed by atoms with Gasteiger partial charge < -0.3 is 14.5 Å². The predicted octanol–water partition coefficient (Wildman–Crippen LogP) is 0.896. The molecule has 6 heteroatoms. The van der Waals surface area contributed by atoms with Crippen molar-refractivity contribution in [1.82, 2.24) is 15.0 Å². The number of carboxylic acids is 1. The van der Waals surface area contributed by atoms with Crippen LogP contribution in [0.25, 0.3) is 0 Å². The molecule has 0 saturated carbocycles. The van der Waals surface area contributed by atoms with E-state index in [0.29, 0.717) is 24.1 Å². The van der Waals surface area contributed by atoms with Gasteiger partial charge in [0.05, 0.1) is 6.42 Å². The Morgan fingerprint density at radius 2 is 2.24 bits per heavy atom. The van der Waals surface area contributed by atoms with Gasteiger partial charge in [-0.1, -0.05) is 5.16 Å². The van der Waals surface area contributed by atoms with Crippen LogP contribution in [0.5, 0.6) is 0 Å². The molecule has 1 saturated heterocycles. The molecule has 1 aliphatic rings. The Labute approximate surface area is 99.6 Å². The van der Waals surface area contributed by atoms with E-state index in [1.807, 2.05) is 0 Å². The third-order valence-corrected chi connectivity index (χ3v) is 3.11. The number of aryl methyl sites for hydroxylation is 1. The van der Waals surface area contributed by atoms with Crippen LogP contribution in [0.2, 0.25) is 0 Å². The molecule has 0 aliphatic carbocycles. The largest absolute Gasteiger partial charge is 0.481 e. The van der Waals surface area contributed by atoms with Gasteiger partial charge in [0.2, 0.25) is 5.89 Å². The lowest BCUT2D eigenvalue weighted by molar-refractivity contribution is -0.137. The maximum Gasteiger partial charge on any atom is 0.303 e. The molecule has 0 aromatic carbocycles. The maximum absolute atomic E-state index is 10.4. The summed E-state index contributed by atoms with van der Waals surface area (Å²) in [6.45, 7) is 2.08. The summed E-state index contributed by atoms with van der Waals surface area (Å²) in [6.07, 6.45) is 2.44. The molecule has 0 amide bonds. The molecule has 94 valence electrons. The summed E-state index contributed by atoms with van der Waals surface area (Å²) < 4.78 is 5.20. The summed E-state index contributed by atoms with van der Waals surface area (Å²) in [7, 11) is 2.10. The van der Waals surface area contributed by atoms with E-state index in [0.717, 1.165) is 25.9 Å². The zero-order chi connectivity index (χ0) is 12.3. The molecule has 0 bridgehead atoms. The van der Waals surface area contributed by atoms with Gasteiger partial charge in [-0.25, -0.2) is 0 Å². The first-order valence-corrected chi connectivity index (χ1v) is 5.88. The molecule has 0 spiro atoms. The van der Waals surface area contributed by atoms with Gasteiger partial charge in [0.25, 0.3) is 0 Å². The Hall–Kier alpha value is -1.43. The minimum absolute atomic E-state index is 0.0480. The third-order valence-electron chi connectivity index (χ3n) is 3.11. The summed E-state index contributed by atoms with van der Waals surface area (Å²) in [5, 5.41) is 12.4. The second kappa shape index (κ2) is 5.27. The third kappa shape index (κ3) is 3.26. The Balaban J connectivity index is 1.91. The topological polar surface area (TPSA) is 79.5 Å². The standard InChI is InChI=1S/C11H17N3O3/c1-14-6-4-8(5-7-14)11-12-9(13-17-11)2-3-10(15)16/h8H,2-7H2,1H3,(H,15,16). The average Bonchev–Trinajstić information content (AvgIpc) is 2.76. The molecule has 17 heavy (non-hydrogen) atoms. The summed E-state index contributed by atoms with van der Waals surface area (Å²) in [4.78, 5) is 17.0. The molecule has 0 atom stereocenters. The van der Waals surface area contributed by atoms with E-state index >= 15 is 0 Å². The van der Waals surface area contributed by atoms with Crippen molar-refractivity contribution in [3.63, 3.8) is 0 Å². The van der Waals surface area contributed by atoms with Crippen molar-refractivity contribution in [2.75, 3.05) is 20.1 Å². The zero-order valence-electron chi connectivity index (χ0n) is 9.93. The van der Waals surface area contributed by atoms with E-state index in [4.69, 9.17) is 9.63 Å². The van der Waals surface area contributed by atoms with Gasteiger partial charge in [0, 0.05) is 12.3 Å². The van der Waals surface area contributed by atoms with E-state index in [-0.39, 0.29) is 6.42 Å². The van der Waals surface area contributed by atoms with Gasteiger partial charge in [0.15, 0.2) is 5.82 Å². The fourth-order valence-electron chi connectivity index (χ4n) is 2.01. The Bertz CT molecular complexity index is 383. The highest BCUT2D eigenvalue weighted by molar-refractivity contribution is 5.66. The molecule has 2 rings (SSSR count). The van der Waals surface area contributed by atoms with Crippen molar-refractivity contribution in [3.05, 3.63) is 11.7 Å². The molecule has 1 fully saturated rings. The molecule has 2 heterocycles. The quantitative estimate of drug-likeness (QED) is 0.840. The normalized spacial score (nSPS) is 18.4. The first kappa shape index (κ1) is 12.0. The van der Waals surface area contributed by atoms with Crippen molar-refractivity contribution in [3.8, 4) is 0 Å². The van der Waals surface area contributed by atoms with Crippen molar-refractivity contribution in [1.29, 1.82) is 0 Å². The number of likely N-dealkylation sites (tertiary alicyclic amines) is 1. The number of rotatable bonds is 4. The lowest BCUT2D eigenvalue weighted by Gasteiger charge is -2.26. The van der Waals surface area contributed by atoms with Crippen LogP contribution in [-0.2, 0) is 11.2 Å². The first-order valence-electron chi connectivity index (χ1n) is 5.88. The maximum atomic E-state index is 10.4. The molecule has 1 aliphatic heterocycles. The second-order valence-electron chi connectivity index (χ2n) is 4.52. The average molecular weight is 239 g/mol. The lowest BCUT2D eigenvalue weighted by Crippen LogP contribution is -2.29. The molecular weight excluding hydrogens is 222 g/mol. The van der Waals surface area contributed by atoms with Crippen molar-refractivity contribution < 1.29 is 14.4 Å². The van der Waals surface area contributed by atoms with Crippen LogP contribution in [0.15, 0.2) is 4.52 Å². The number of hydrogen-bond donors (Lipinski definition) is 1. The summed E-state index contributed by atoms with van der Waals surface area (Å²) >= 11 is 0. The van der Waals surface area contributed by atoms with Gasteiger partial charge in [-0.05, 0) is 33.0 Å². The van der Waals surface area contributed by atoms with Crippen LogP contribution in [0.4, 0.5) is 0 Å². The number of carbonyl (C=O) groups is 1. The number of piperidine rings is 1. The van der Waals surface area contributed by atoms with Crippen molar-refractivity contribution in [2.24, 2.45) is 0 Å². The van der Waals surface area contributed by atoms with Gasteiger partial charge >= 0.3 is 5.97 Å². The molecule has 1 aromatic rings. The van der Waals surface area contributed by atoms with Crippen molar-refractivity contribution >= 4 is 5.97 Å². The molecular formula is C11H17N3O3. The Morgan fingerprint density at radius 3 is 2.88 bits per heavy atom. The van der Waals surface area contributed by atoms with E-state index in [1.54, 1.807) is 0 Å². The predicted molar refractivity (Wildman–Crippen MR) is 59.7 cm³/mol. The summed E-state index contributed by atoms with van der Waals surface area (Å²) in [5.41, 5.74) is 0. The van der Waals surface area contributed by atoms with Crippen LogP contribution in [0, 0.1) is 0 Å². The van der Waals surface area contributed by atoms with E-state index in [2.05, 4.69) is 22.1 Å². The Morgan fingerprint density at radius 1 is 1.53 bits per heavy atom. The minimum Gasteiger partial charge on any atom is -0.481 e. The molecule has 0 radical (unpaired) electrons. The second-order valence-corrected chi connectivity index (χ2v) is 4.52. The number of aromatic nitrogens is 2. The number of carboxylic acid groups (broad SMARTS) is 1. The summed E-state index contributed by atoms with van der Waals surface area (Å²) in [5.74, 6) is 0.660. The molecule has 1 aromatic heterocycles. The van der Waals surface area contributed by atoms with Gasteiger partial charge in [0.1, 0.15) is 0 Å². The smallest absolute Gasteiger partial charge is 0.303 e. The van der Waals surface area contributed by atoms with Crippen LogP contribution < -0.4 is 0 Å². The van der Waals surface area contributed by atoms with Gasteiger partial charge in [-0.15, -0.1) is 0 Å². The fourth-order valence-corrected chi connectivity index (χ4v) is 2.01. The highest BCUT2D eigenvalue weighted by Gasteiger charge is 2.23. The Kier molecular flexibility index (Phi) is 3.73. The first-order chi connectivity index (χ1) is 8.15. The minimum atomic E-state index is -0.837.